The predicted octanol–water partition coefficient (Wildman–Crippen LogP) is -0.0921. The number of sulfonamides is 1. The van der Waals surface area contributed by atoms with E-state index in [1.807, 2.05) is 6.07 Å². The second-order valence-corrected chi connectivity index (χ2v) is 8.97. The largest absolute Gasteiger partial charge is 0.322 e. The third-order valence-corrected chi connectivity index (χ3v) is 7.31. The van der Waals surface area contributed by atoms with Crippen LogP contribution in [0.5, 0.6) is 0 Å². The molecule has 0 bridgehead atoms. The van der Waals surface area contributed by atoms with Crippen molar-refractivity contribution in [2.75, 3.05) is 31.1 Å². The fourth-order valence-electron chi connectivity index (χ4n) is 3.90. The van der Waals surface area contributed by atoms with Gasteiger partial charge < -0.3 is 4.90 Å². The Hall–Kier alpha value is -2.55. The standard InChI is InChI=1S/C20H21N3O4S/c24-19-15-18(20(25)23(19)16-7-3-1-4-8-16)21-11-13-22(14-12-21)28(26,27)17-9-5-2-6-10-17/h1-10,18H,11-15H2/p+1/t18-/m1/s1. The number of amides is 2. The van der Waals surface area contributed by atoms with Crippen LogP contribution in [0.3, 0.4) is 0 Å². The second kappa shape index (κ2) is 7.46. The zero-order chi connectivity index (χ0) is 19.7. The van der Waals surface area contributed by atoms with Gasteiger partial charge >= 0.3 is 0 Å². The summed E-state index contributed by atoms with van der Waals surface area (Å²) in [5.74, 6) is -0.404. The molecule has 7 nitrogen and oxygen atoms in total. The van der Waals surface area contributed by atoms with Crippen molar-refractivity contribution in [3.8, 4) is 0 Å². The van der Waals surface area contributed by atoms with Gasteiger partial charge in [0.2, 0.25) is 15.9 Å². The molecule has 0 aliphatic carbocycles. The average molecular weight is 400 g/mol. The highest BCUT2D eigenvalue weighted by Gasteiger charge is 2.47. The van der Waals surface area contributed by atoms with Crippen molar-refractivity contribution in [3.05, 3.63) is 60.7 Å². The van der Waals surface area contributed by atoms with Gasteiger partial charge in [0.15, 0.2) is 6.04 Å². The van der Waals surface area contributed by atoms with Crippen LogP contribution in [0.25, 0.3) is 0 Å². The lowest BCUT2D eigenvalue weighted by Crippen LogP contribution is -3.19. The van der Waals surface area contributed by atoms with Crippen LogP contribution in [0, 0.1) is 0 Å². The molecule has 8 heteroatoms. The van der Waals surface area contributed by atoms with E-state index < -0.39 is 16.1 Å². The molecule has 2 aromatic rings. The number of anilines is 1. The van der Waals surface area contributed by atoms with Crippen molar-refractivity contribution in [3.63, 3.8) is 0 Å². The van der Waals surface area contributed by atoms with Gasteiger partial charge in [-0.3, -0.25) is 9.59 Å². The molecule has 2 amide bonds. The number of hydrogen-bond donors (Lipinski definition) is 1. The molecule has 1 N–H and O–H groups in total. The quantitative estimate of drug-likeness (QED) is 0.728. The van der Waals surface area contributed by atoms with Gasteiger partial charge in [0, 0.05) is 0 Å². The van der Waals surface area contributed by atoms with Gasteiger partial charge in [-0.1, -0.05) is 36.4 Å². The van der Waals surface area contributed by atoms with Crippen LogP contribution >= 0.6 is 0 Å². The normalized spacial score (nSPS) is 22.0. The summed E-state index contributed by atoms with van der Waals surface area (Å²) >= 11 is 0. The molecule has 1 atom stereocenters. The molecule has 0 radical (unpaired) electrons. The monoisotopic (exact) mass is 400 g/mol. The number of para-hydroxylation sites is 1. The average Bonchev–Trinajstić information content (AvgIpc) is 3.03. The van der Waals surface area contributed by atoms with Crippen LogP contribution in [0.15, 0.2) is 65.6 Å². The van der Waals surface area contributed by atoms with Crippen molar-refractivity contribution in [1.29, 1.82) is 0 Å². The molecule has 2 fully saturated rings. The first-order valence-corrected chi connectivity index (χ1v) is 10.7. The highest BCUT2D eigenvalue weighted by molar-refractivity contribution is 7.89. The van der Waals surface area contributed by atoms with Crippen molar-refractivity contribution in [1.82, 2.24) is 4.31 Å². The first-order valence-electron chi connectivity index (χ1n) is 9.30. The minimum absolute atomic E-state index is 0.161. The Bertz CT molecular complexity index is 971. The Kier molecular flexibility index (Phi) is 5.01. The summed E-state index contributed by atoms with van der Waals surface area (Å²) < 4.78 is 27.0. The number of benzene rings is 2. The number of hydrogen-bond acceptors (Lipinski definition) is 4. The number of carbonyl (C=O) groups excluding carboxylic acids is 2. The maximum absolute atomic E-state index is 12.9. The molecule has 4 rings (SSSR count). The molecule has 2 aromatic carbocycles. The molecular weight excluding hydrogens is 378 g/mol. The summed E-state index contributed by atoms with van der Waals surface area (Å²) in [6.45, 7) is 1.66. The lowest BCUT2D eigenvalue weighted by molar-refractivity contribution is -0.918. The lowest BCUT2D eigenvalue weighted by atomic mass is 10.2. The van der Waals surface area contributed by atoms with Gasteiger partial charge in [0.05, 0.1) is 43.2 Å². The molecule has 2 aliphatic rings. The summed E-state index contributed by atoms with van der Waals surface area (Å²) in [5, 5.41) is 0. The maximum atomic E-state index is 12.9. The van der Waals surface area contributed by atoms with Crippen LogP contribution in [-0.2, 0) is 19.6 Å². The van der Waals surface area contributed by atoms with Crippen LogP contribution in [-0.4, -0.2) is 56.8 Å². The smallest absolute Gasteiger partial charge is 0.292 e. The van der Waals surface area contributed by atoms with E-state index in [1.165, 1.54) is 9.21 Å². The zero-order valence-electron chi connectivity index (χ0n) is 15.3. The van der Waals surface area contributed by atoms with Crippen LogP contribution in [0.4, 0.5) is 5.69 Å². The SMILES string of the molecule is O=C1C[C@@H]([NH+]2CCN(S(=O)(=O)c3ccccc3)CC2)C(=O)N1c1ccccc1. The number of imide groups is 1. The summed E-state index contributed by atoms with van der Waals surface area (Å²) in [6.07, 6.45) is 0.161. The molecule has 0 saturated carbocycles. The molecule has 2 saturated heterocycles. The van der Waals surface area contributed by atoms with E-state index >= 15 is 0 Å². The number of carbonyl (C=O) groups is 2. The van der Waals surface area contributed by atoms with Crippen molar-refractivity contribution >= 4 is 27.5 Å². The highest BCUT2D eigenvalue weighted by Crippen LogP contribution is 2.22. The third kappa shape index (κ3) is 3.34. The lowest BCUT2D eigenvalue weighted by Gasteiger charge is -2.33. The van der Waals surface area contributed by atoms with Crippen molar-refractivity contribution < 1.29 is 22.9 Å². The van der Waals surface area contributed by atoms with E-state index in [2.05, 4.69) is 0 Å². The first kappa shape index (κ1) is 18.8. The minimum atomic E-state index is -3.53. The zero-order valence-corrected chi connectivity index (χ0v) is 16.1. The van der Waals surface area contributed by atoms with E-state index in [0.29, 0.717) is 31.9 Å². The Morgan fingerprint density at radius 1 is 0.857 bits per heavy atom. The second-order valence-electron chi connectivity index (χ2n) is 7.04. The topological polar surface area (TPSA) is 79.2 Å². The third-order valence-electron chi connectivity index (χ3n) is 5.40. The Morgan fingerprint density at radius 2 is 1.43 bits per heavy atom. The fourth-order valence-corrected chi connectivity index (χ4v) is 5.37. The first-order chi connectivity index (χ1) is 13.5. The summed E-state index contributed by atoms with van der Waals surface area (Å²) in [5.41, 5.74) is 0.588. The molecular formula is C20H22N3O4S+. The van der Waals surface area contributed by atoms with E-state index in [4.69, 9.17) is 0 Å². The summed E-state index contributed by atoms with van der Waals surface area (Å²) in [6, 6.07) is 16.8. The number of piperazine rings is 1. The van der Waals surface area contributed by atoms with Gasteiger partial charge in [0.25, 0.3) is 5.91 Å². The Labute approximate surface area is 164 Å². The minimum Gasteiger partial charge on any atom is -0.322 e. The Balaban J connectivity index is 1.45. The van der Waals surface area contributed by atoms with Gasteiger partial charge in [-0.15, -0.1) is 0 Å². The van der Waals surface area contributed by atoms with Gasteiger partial charge in [0.1, 0.15) is 0 Å². The highest BCUT2D eigenvalue weighted by atomic mass is 32.2. The molecule has 146 valence electrons. The van der Waals surface area contributed by atoms with Crippen LogP contribution in [0.2, 0.25) is 0 Å². The fraction of sp³-hybridized carbons (Fsp3) is 0.300. The summed E-state index contributed by atoms with van der Waals surface area (Å²) in [7, 11) is -3.53. The molecule has 0 aromatic heterocycles. The van der Waals surface area contributed by atoms with E-state index in [1.54, 1.807) is 54.6 Å². The molecule has 2 heterocycles. The Morgan fingerprint density at radius 3 is 2.04 bits per heavy atom. The number of rotatable bonds is 4. The van der Waals surface area contributed by atoms with Crippen molar-refractivity contribution in [2.45, 2.75) is 17.4 Å². The maximum Gasteiger partial charge on any atom is 0.292 e. The van der Waals surface area contributed by atoms with Gasteiger partial charge in [-0.05, 0) is 24.3 Å². The number of quaternary nitrogens is 1. The van der Waals surface area contributed by atoms with Gasteiger partial charge in [-0.25, -0.2) is 13.3 Å². The van der Waals surface area contributed by atoms with Crippen molar-refractivity contribution in [2.24, 2.45) is 0 Å². The molecule has 0 unspecified atom stereocenters. The molecule has 0 spiro atoms. The number of nitrogens with zero attached hydrogens (tertiary/aromatic N) is 2. The van der Waals surface area contributed by atoms with Gasteiger partial charge in [-0.2, -0.15) is 4.31 Å². The van der Waals surface area contributed by atoms with E-state index in [9.17, 15) is 18.0 Å². The van der Waals surface area contributed by atoms with Crippen LogP contribution in [0.1, 0.15) is 6.42 Å². The van der Waals surface area contributed by atoms with Crippen LogP contribution < -0.4 is 9.80 Å². The summed E-state index contributed by atoms with van der Waals surface area (Å²) in [4.78, 5) is 27.8. The van der Waals surface area contributed by atoms with E-state index in [-0.39, 0.29) is 23.1 Å². The molecule has 28 heavy (non-hydrogen) atoms. The predicted molar refractivity (Wildman–Crippen MR) is 103 cm³/mol. The molecule has 2 aliphatic heterocycles. The number of nitrogens with one attached hydrogen (secondary N) is 1. The van der Waals surface area contributed by atoms with E-state index in [0.717, 1.165) is 4.90 Å².